The molecular formula is C25H17Cl3FN3O2. The fourth-order valence-electron chi connectivity index (χ4n) is 3.89. The molecule has 5 nitrogen and oxygen atoms in total. The normalized spacial score (nSPS) is 13.6. The van der Waals surface area contributed by atoms with E-state index in [-0.39, 0.29) is 16.5 Å². The molecule has 1 aromatic heterocycles. The zero-order valence-corrected chi connectivity index (χ0v) is 20.2. The number of aromatic amines is 1. The second-order valence-electron chi connectivity index (χ2n) is 8.31. The van der Waals surface area contributed by atoms with Crippen LogP contribution in [0.5, 0.6) is 5.75 Å². The van der Waals surface area contributed by atoms with Crippen molar-refractivity contribution >= 4 is 46.4 Å². The molecule has 1 aliphatic rings. The van der Waals surface area contributed by atoms with Crippen LogP contribution in [0.25, 0.3) is 22.6 Å². The Morgan fingerprint density at radius 3 is 2.56 bits per heavy atom. The molecule has 0 spiro atoms. The average Bonchev–Trinajstić information content (AvgIpc) is 3.22. The summed E-state index contributed by atoms with van der Waals surface area (Å²) in [6.07, 6.45) is 0. The number of halogens is 4. The van der Waals surface area contributed by atoms with Gasteiger partial charge in [-0.1, -0.05) is 40.9 Å². The minimum absolute atomic E-state index is 0.188. The second-order valence-corrected chi connectivity index (χ2v) is 9.53. The number of carbonyl (C=O) groups is 1. The molecule has 9 heteroatoms. The van der Waals surface area contributed by atoms with E-state index in [0.29, 0.717) is 49.8 Å². The van der Waals surface area contributed by atoms with Gasteiger partial charge in [0.25, 0.3) is 5.91 Å². The molecule has 5 rings (SSSR count). The molecule has 1 amide bonds. The molecule has 0 bridgehead atoms. The summed E-state index contributed by atoms with van der Waals surface area (Å²) in [5.74, 6) is -0.0304. The number of H-pyrrole nitrogens is 1. The van der Waals surface area contributed by atoms with Crippen molar-refractivity contribution in [3.8, 4) is 28.4 Å². The van der Waals surface area contributed by atoms with E-state index in [9.17, 15) is 9.18 Å². The number of hydrogen-bond acceptors (Lipinski definition) is 3. The number of aromatic nitrogens is 2. The predicted molar refractivity (Wildman–Crippen MR) is 132 cm³/mol. The lowest BCUT2D eigenvalue weighted by molar-refractivity contribution is 0.0985. The third kappa shape index (κ3) is 3.92. The first kappa shape index (κ1) is 22.7. The summed E-state index contributed by atoms with van der Waals surface area (Å²) in [5.41, 5.74) is 2.24. The van der Waals surface area contributed by atoms with Crippen LogP contribution in [0.1, 0.15) is 29.9 Å². The molecule has 0 fully saturated rings. The van der Waals surface area contributed by atoms with Gasteiger partial charge in [-0.2, -0.15) is 0 Å². The van der Waals surface area contributed by atoms with Gasteiger partial charge in [-0.3, -0.25) is 4.79 Å². The molecule has 2 N–H and O–H groups in total. The average molecular weight is 517 g/mol. The van der Waals surface area contributed by atoms with E-state index in [1.165, 1.54) is 12.1 Å². The number of fused-ring (bicyclic) bond motifs is 3. The Labute approximate surface area is 209 Å². The number of amides is 1. The monoisotopic (exact) mass is 515 g/mol. The van der Waals surface area contributed by atoms with Gasteiger partial charge in [0.05, 0.1) is 32.0 Å². The molecule has 0 radical (unpaired) electrons. The lowest BCUT2D eigenvalue weighted by Crippen LogP contribution is -2.29. The zero-order valence-electron chi connectivity index (χ0n) is 18.0. The van der Waals surface area contributed by atoms with Crippen LogP contribution in [-0.4, -0.2) is 15.9 Å². The Morgan fingerprint density at radius 1 is 1.03 bits per heavy atom. The largest absolute Gasteiger partial charge is 0.481 e. The first-order chi connectivity index (χ1) is 16.1. The van der Waals surface area contributed by atoms with Crippen LogP contribution >= 0.6 is 34.8 Å². The highest BCUT2D eigenvalue weighted by Crippen LogP contribution is 2.46. The van der Waals surface area contributed by atoms with E-state index in [0.717, 1.165) is 0 Å². The van der Waals surface area contributed by atoms with Gasteiger partial charge in [0.1, 0.15) is 23.0 Å². The highest BCUT2D eigenvalue weighted by Gasteiger charge is 2.37. The van der Waals surface area contributed by atoms with Crippen molar-refractivity contribution in [2.75, 3.05) is 5.32 Å². The maximum Gasteiger partial charge on any atom is 0.255 e. The van der Waals surface area contributed by atoms with Gasteiger partial charge in [0.15, 0.2) is 0 Å². The van der Waals surface area contributed by atoms with Crippen molar-refractivity contribution in [2.45, 2.75) is 19.4 Å². The number of hydrogen-bond donors (Lipinski definition) is 2. The van der Waals surface area contributed by atoms with Gasteiger partial charge in [0, 0.05) is 16.8 Å². The number of carbonyl (C=O) groups excluding carboxylic acids is 1. The Morgan fingerprint density at radius 2 is 1.82 bits per heavy atom. The van der Waals surface area contributed by atoms with Crippen molar-refractivity contribution in [3.05, 3.63) is 86.7 Å². The SMILES string of the molecule is CC1(C)Oc2cc(C(=O)Nc3ccc(Cl)c(Cl)c3)ccc2-c2nc(-c3c(F)cccc3Cl)[nH]c21. The summed E-state index contributed by atoms with van der Waals surface area (Å²) < 4.78 is 20.7. The number of rotatable bonds is 3. The van der Waals surface area contributed by atoms with Gasteiger partial charge in [0.2, 0.25) is 0 Å². The zero-order chi connectivity index (χ0) is 24.2. The van der Waals surface area contributed by atoms with Crippen molar-refractivity contribution in [2.24, 2.45) is 0 Å². The maximum absolute atomic E-state index is 14.5. The molecule has 0 saturated heterocycles. The summed E-state index contributed by atoms with van der Waals surface area (Å²) in [6.45, 7) is 3.73. The first-order valence-electron chi connectivity index (χ1n) is 10.3. The lowest BCUT2D eigenvalue weighted by atomic mass is 9.94. The summed E-state index contributed by atoms with van der Waals surface area (Å²) in [6, 6.07) is 14.4. The van der Waals surface area contributed by atoms with Gasteiger partial charge in [-0.05, 0) is 62.4 Å². The minimum atomic E-state index is -0.815. The van der Waals surface area contributed by atoms with Crippen molar-refractivity contribution in [3.63, 3.8) is 0 Å². The van der Waals surface area contributed by atoms with Crippen LogP contribution in [0, 0.1) is 5.82 Å². The van der Waals surface area contributed by atoms with E-state index in [1.807, 2.05) is 13.8 Å². The molecule has 3 aromatic carbocycles. The number of nitrogens with one attached hydrogen (secondary N) is 2. The van der Waals surface area contributed by atoms with Crippen molar-refractivity contribution in [1.29, 1.82) is 0 Å². The number of ether oxygens (including phenoxy) is 1. The van der Waals surface area contributed by atoms with Crippen molar-refractivity contribution in [1.82, 2.24) is 9.97 Å². The number of nitrogens with zero attached hydrogens (tertiary/aromatic N) is 1. The third-order valence-electron chi connectivity index (χ3n) is 5.55. The van der Waals surface area contributed by atoms with Gasteiger partial charge < -0.3 is 15.0 Å². The van der Waals surface area contributed by atoms with E-state index < -0.39 is 11.4 Å². The molecular weight excluding hydrogens is 500 g/mol. The van der Waals surface area contributed by atoms with E-state index >= 15 is 0 Å². The van der Waals surface area contributed by atoms with E-state index in [1.54, 1.807) is 42.5 Å². The Hall–Kier alpha value is -3.06. The fraction of sp³-hybridized carbons (Fsp3) is 0.120. The smallest absolute Gasteiger partial charge is 0.255 e. The highest BCUT2D eigenvalue weighted by atomic mass is 35.5. The standard InChI is InChI=1S/C25H17Cl3FN3O2/c1-25(2)22-21(31-23(32-22)20-16(27)4-3-5-18(20)29)14-8-6-12(10-19(14)34-25)24(33)30-13-7-9-15(26)17(28)11-13/h3-11H,1-2H3,(H,30,33)(H,31,32). The van der Waals surface area contributed by atoms with Crippen LogP contribution in [0.15, 0.2) is 54.6 Å². The van der Waals surface area contributed by atoms with E-state index in [4.69, 9.17) is 39.5 Å². The summed E-state index contributed by atoms with van der Waals surface area (Å²) in [7, 11) is 0. The molecule has 0 aliphatic carbocycles. The quantitative estimate of drug-likeness (QED) is 0.293. The van der Waals surface area contributed by atoms with Crippen molar-refractivity contribution < 1.29 is 13.9 Å². The van der Waals surface area contributed by atoms with Gasteiger partial charge in [-0.25, -0.2) is 9.37 Å². The molecule has 2 heterocycles. The molecule has 0 unspecified atom stereocenters. The number of imidazole rings is 1. The van der Waals surface area contributed by atoms with Crippen LogP contribution in [0.3, 0.4) is 0 Å². The number of anilines is 1. The second kappa shape index (κ2) is 8.31. The Bertz CT molecular complexity index is 1450. The van der Waals surface area contributed by atoms with Crippen LogP contribution in [0.2, 0.25) is 15.1 Å². The summed E-state index contributed by atoms with van der Waals surface area (Å²) in [5, 5.41) is 3.78. The van der Waals surface area contributed by atoms with Crippen LogP contribution in [-0.2, 0) is 5.60 Å². The summed E-state index contributed by atoms with van der Waals surface area (Å²) in [4.78, 5) is 20.7. The van der Waals surface area contributed by atoms with E-state index in [2.05, 4.69) is 15.3 Å². The molecule has 34 heavy (non-hydrogen) atoms. The molecule has 0 saturated carbocycles. The van der Waals surface area contributed by atoms with Gasteiger partial charge >= 0.3 is 0 Å². The molecule has 172 valence electrons. The molecule has 1 aliphatic heterocycles. The molecule has 0 atom stereocenters. The highest BCUT2D eigenvalue weighted by molar-refractivity contribution is 6.42. The Balaban J connectivity index is 1.53. The maximum atomic E-state index is 14.5. The van der Waals surface area contributed by atoms with Crippen LogP contribution in [0.4, 0.5) is 10.1 Å². The third-order valence-corrected chi connectivity index (χ3v) is 6.60. The predicted octanol–water partition coefficient (Wildman–Crippen LogP) is 7.72. The topological polar surface area (TPSA) is 67.0 Å². The first-order valence-corrected chi connectivity index (χ1v) is 11.4. The lowest BCUT2D eigenvalue weighted by Gasteiger charge is -2.32. The van der Waals surface area contributed by atoms with Gasteiger partial charge in [-0.15, -0.1) is 0 Å². The minimum Gasteiger partial charge on any atom is -0.481 e. The molecule has 4 aromatic rings. The number of benzene rings is 3. The van der Waals surface area contributed by atoms with Crippen LogP contribution < -0.4 is 10.1 Å². The summed E-state index contributed by atoms with van der Waals surface area (Å²) >= 11 is 18.2. The Kier molecular flexibility index (Phi) is 5.55. The fourth-order valence-corrected chi connectivity index (χ4v) is 4.44.